The third kappa shape index (κ3) is 9.94. The quantitative estimate of drug-likeness (QED) is 0.364. The Labute approximate surface area is 230 Å². The molecule has 1 fully saturated rings. The summed E-state index contributed by atoms with van der Waals surface area (Å²) in [6.45, 7) is 4.14. The van der Waals surface area contributed by atoms with Gasteiger partial charge in [-0.05, 0) is 79.0 Å². The van der Waals surface area contributed by atoms with Gasteiger partial charge in [0.1, 0.15) is 5.82 Å². The van der Waals surface area contributed by atoms with Gasteiger partial charge in [0.05, 0.1) is 17.7 Å². The van der Waals surface area contributed by atoms with E-state index in [0.717, 1.165) is 19.4 Å². The number of carbonyl (C=O) groups is 1. The van der Waals surface area contributed by atoms with Crippen LogP contribution in [0.2, 0.25) is 0 Å². The number of nitrogens with zero attached hydrogens (tertiary/aromatic N) is 1. The molecule has 0 aromatic heterocycles. The van der Waals surface area contributed by atoms with Crippen LogP contribution in [-0.4, -0.2) is 29.4 Å². The second kappa shape index (κ2) is 14.7. The first kappa shape index (κ1) is 33.3. The van der Waals surface area contributed by atoms with Crippen LogP contribution in [0, 0.1) is 11.7 Å². The molecule has 0 amide bonds. The third-order valence-electron chi connectivity index (χ3n) is 6.93. The molecule has 1 saturated carbocycles. The van der Waals surface area contributed by atoms with Crippen LogP contribution >= 0.6 is 0 Å². The van der Waals surface area contributed by atoms with Gasteiger partial charge >= 0.3 is 12.4 Å². The zero-order valence-corrected chi connectivity index (χ0v) is 22.9. The van der Waals surface area contributed by atoms with Crippen LogP contribution in [0.4, 0.5) is 30.7 Å². The van der Waals surface area contributed by atoms with Gasteiger partial charge in [-0.25, -0.2) is 4.39 Å². The second-order valence-electron chi connectivity index (χ2n) is 9.84. The van der Waals surface area contributed by atoms with Gasteiger partial charge in [-0.2, -0.15) is 26.3 Å². The molecule has 10 heteroatoms. The Hall–Kier alpha value is -2.88. The topological polar surface area (TPSA) is 40.5 Å². The van der Waals surface area contributed by atoms with E-state index in [9.17, 15) is 35.5 Å². The Kier molecular flexibility index (Phi) is 12.2. The van der Waals surface area contributed by atoms with Crippen molar-refractivity contribution in [2.45, 2.75) is 77.2 Å². The van der Waals surface area contributed by atoms with Gasteiger partial charge in [-0.15, -0.1) is 0 Å². The summed E-state index contributed by atoms with van der Waals surface area (Å²) in [6, 6.07) is 7.98. The normalized spacial score (nSPS) is 19.2. The van der Waals surface area contributed by atoms with Crippen LogP contribution in [0.3, 0.4) is 0 Å². The SMILES string of the molecule is CC.CN(CC1CCCC(c2ccc(F)cc2)C1)C1=CC(=O)CC1.OCc1cc(C(F)(F)F)cc(C(F)(F)F)c1. The minimum absolute atomic E-state index is 0.0131. The molecule has 2 atom stereocenters. The fourth-order valence-corrected chi connectivity index (χ4v) is 4.99. The van der Waals surface area contributed by atoms with Crippen molar-refractivity contribution in [1.29, 1.82) is 0 Å². The molecule has 2 aliphatic rings. The second-order valence-corrected chi connectivity index (χ2v) is 9.84. The minimum Gasteiger partial charge on any atom is -0.392 e. The molecule has 2 aromatic rings. The van der Waals surface area contributed by atoms with E-state index in [4.69, 9.17) is 5.11 Å². The summed E-state index contributed by atoms with van der Waals surface area (Å²) in [4.78, 5) is 13.6. The van der Waals surface area contributed by atoms with Gasteiger partial charge in [-0.1, -0.05) is 32.4 Å². The van der Waals surface area contributed by atoms with E-state index < -0.39 is 35.6 Å². The number of rotatable bonds is 5. The number of alkyl halides is 6. The maximum Gasteiger partial charge on any atom is 0.416 e. The number of halogens is 7. The predicted octanol–water partition coefficient (Wildman–Crippen LogP) is 8.52. The molecule has 0 aliphatic heterocycles. The van der Waals surface area contributed by atoms with Crippen LogP contribution < -0.4 is 0 Å². The fraction of sp³-hybridized carbons (Fsp3) is 0.500. The lowest BCUT2D eigenvalue weighted by Crippen LogP contribution is -2.28. The molecule has 1 N–H and O–H groups in total. The molecule has 0 heterocycles. The summed E-state index contributed by atoms with van der Waals surface area (Å²) in [5.41, 5.74) is -0.821. The van der Waals surface area contributed by atoms with Crippen LogP contribution in [0.1, 0.15) is 80.5 Å². The van der Waals surface area contributed by atoms with E-state index in [-0.39, 0.29) is 17.7 Å². The first-order valence-electron chi connectivity index (χ1n) is 13.4. The lowest BCUT2D eigenvalue weighted by molar-refractivity contribution is -0.143. The van der Waals surface area contributed by atoms with Crippen molar-refractivity contribution in [2.75, 3.05) is 13.6 Å². The van der Waals surface area contributed by atoms with E-state index >= 15 is 0 Å². The van der Waals surface area contributed by atoms with Crippen molar-refractivity contribution in [3.8, 4) is 0 Å². The van der Waals surface area contributed by atoms with Gasteiger partial charge in [0.2, 0.25) is 0 Å². The van der Waals surface area contributed by atoms with Gasteiger partial charge in [0.15, 0.2) is 5.78 Å². The standard InChI is InChI=1S/C19H24FNO.C9H6F6O.C2H6/c1-21(18-9-10-19(22)12-18)13-14-3-2-4-16(11-14)15-5-7-17(20)8-6-15;10-8(11,12)6-1-5(4-16)2-7(3-6)9(13,14)15;1-2/h5-8,12,14,16H,2-4,9-11,13H2,1H3;1-3,16H,4H2;1-2H3. The van der Waals surface area contributed by atoms with Crippen molar-refractivity contribution in [1.82, 2.24) is 4.90 Å². The van der Waals surface area contributed by atoms with Crippen molar-refractivity contribution in [3.63, 3.8) is 0 Å². The maximum absolute atomic E-state index is 13.1. The van der Waals surface area contributed by atoms with E-state index in [1.165, 1.54) is 30.5 Å². The van der Waals surface area contributed by atoms with E-state index in [2.05, 4.69) is 11.9 Å². The average Bonchev–Trinajstić information content (AvgIpc) is 3.36. The molecule has 2 aromatic carbocycles. The highest BCUT2D eigenvalue weighted by Gasteiger charge is 2.36. The van der Waals surface area contributed by atoms with Gasteiger partial charge in [0, 0.05) is 31.8 Å². The first-order valence-corrected chi connectivity index (χ1v) is 13.4. The summed E-state index contributed by atoms with van der Waals surface area (Å²) in [5.74, 6) is 1.31. The lowest BCUT2D eigenvalue weighted by Gasteiger charge is -2.33. The molecular formula is C30H36F7NO2. The molecule has 4 rings (SSSR count). The smallest absolute Gasteiger partial charge is 0.392 e. The Morgan fingerprint density at radius 1 is 0.900 bits per heavy atom. The highest BCUT2D eigenvalue weighted by atomic mass is 19.4. The maximum atomic E-state index is 13.1. The number of allylic oxidation sites excluding steroid dienone is 2. The summed E-state index contributed by atoms with van der Waals surface area (Å²) < 4.78 is 86.4. The number of aliphatic hydroxyl groups excluding tert-OH is 1. The van der Waals surface area contributed by atoms with Crippen molar-refractivity contribution >= 4 is 5.78 Å². The third-order valence-corrected chi connectivity index (χ3v) is 6.93. The van der Waals surface area contributed by atoms with E-state index in [1.807, 2.05) is 26.0 Å². The van der Waals surface area contributed by atoms with Crippen LogP contribution in [0.25, 0.3) is 0 Å². The molecule has 0 saturated heterocycles. The van der Waals surface area contributed by atoms with Crippen molar-refractivity contribution < 1.29 is 40.6 Å². The van der Waals surface area contributed by atoms with Gasteiger partial charge in [-0.3, -0.25) is 4.79 Å². The molecule has 40 heavy (non-hydrogen) atoms. The summed E-state index contributed by atoms with van der Waals surface area (Å²) in [6.07, 6.45) is -1.52. The highest BCUT2D eigenvalue weighted by Crippen LogP contribution is 2.38. The van der Waals surface area contributed by atoms with Crippen LogP contribution in [0.5, 0.6) is 0 Å². The highest BCUT2D eigenvalue weighted by molar-refractivity contribution is 5.92. The monoisotopic (exact) mass is 575 g/mol. The number of aliphatic hydroxyl groups is 1. The summed E-state index contributed by atoms with van der Waals surface area (Å²) in [7, 11) is 2.10. The number of carbonyl (C=O) groups excluding carboxylic acids is 1. The fourth-order valence-electron chi connectivity index (χ4n) is 4.99. The van der Waals surface area contributed by atoms with Crippen LogP contribution in [-0.2, 0) is 23.8 Å². The lowest BCUT2D eigenvalue weighted by atomic mass is 9.78. The Morgan fingerprint density at radius 2 is 1.48 bits per heavy atom. The van der Waals surface area contributed by atoms with E-state index in [1.54, 1.807) is 18.2 Å². The number of hydrogen-bond donors (Lipinski definition) is 1. The molecule has 0 spiro atoms. The first-order chi connectivity index (χ1) is 18.8. The molecule has 0 radical (unpaired) electrons. The van der Waals surface area contributed by atoms with E-state index in [0.29, 0.717) is 30.4 Å². The Balaban J connectivity index is 0.000000277. The zero-order chi connectivity index (χ0) is 30.1. The van der Waals surface area contributed by atoms with Crippen molar-refractivity contribution in [2.24, 2.45) is 5.92 Å². The zero-order valence-electron chi connectivity index (χ0n) is 22.9. The molecule has 2 unspecified atom stereocenters. The largest absolute Gasteiger partial charge is 0.416 e. The van der Waals surface area contributed by atoms with Crippen molar-refractivity contribution in [3.05, 3.63) is 82.3 Å². The average molecular weight is 576 g/mol. The number of benzene rings is 2. The number of hydrogen-bond acceptors (Lipinski definition) is 3. The van der Waals surface area contributed by atoms with Gasteiger partial charge in [0.25, 0.3) is 0 Å². The van der Waals surface area contributed by atoms with Gasteiger partial charge < -0.3 is 10.0 Å². The predicted molar refractivity (Wildman–Crippen MR) is 140 cm³/mol. The summed E-state index contributed by atoms with van der Waals surface area (Å²) in [5, 5.41) is 8.58. The van der Waals surface area contributed by atoms with Crippen LogP contribution in [0.15, 0.2) is 54.2 Å². The molecule has 0 bridgehead atoms. The Morgan fingerprint density at radius 3 is 1.95 bits per heavy atom. The Bertz CT molecular complexity index is 1090. The molecule has 3 nitrogen and oxygen atoms in total. The molecular weight excluding hydrogens is 539 g/mol. The minimum atomic E-state index is -4.87. The molecule has 2 aliphatic carbocycles. The number of ketones is 1. The summed E-state index contributed by atoms with van der Waals surface area (Å²) >= 11 is 0. The molecule has 222 valence electrons.